The molecule has 4 rings (SSSR count). The molecule has 0 radical (unpaired) electrons. The summed E-state index contributed by atoms with van der Waals surface area (Å²) in [6.45, 7) is 1.61. The molecule has 2 heterocycles. The van der Waals surface area contributed by atoms with Crippen molar-refractivity contribution in [1.29, 1.82) is 0 Å². The Bertz CT molecular complexity index is 1050. The van der Waals surface area contributed by atoms with Crippen LogP contribution in [-0.4, -0.2) is 53.9 Å². The molecule has 0 atom stereocenters. The molecule has 0 bridgehead atoms. The number of aromatic nitrogens is 1. The summed E-state index contributed by atoms with van der Waals surface area (Å²) in [5, 5.41) is 10.5. The van der Waals surface area contributed by atoms with Crippen LogP contribution in [-0.2, 0) is 0 Å². The first-order chi connectivity index (χ1) is 14.0. The first-order valence-corrected chi connectivity index (χ1v) is 9.56. The fourth-order valence-electron chi connectivity index (χ4n) is 3.45. The first-order valence-electron chi connectivity index (χ1n) is 9.56. The highest BCUT2D eigenvalue weighted by Crippen LogP contribution is 2.37. The van der Waals surface area contributed by atoms with E-state index in [9.17, 15) is 9.90 Å². The van der Waals surface area contributed by atoms with Crippen LogP contribution in [0.5, 0.6) is 11.6 Å². The topological polar surface area (TPSA) is 77.9 Å². The van der Waals surface area contributed by atoms with Crippen molar-refractivity contribution >= 4 is 11.6 Å². The van der Waals surface area contributed by atoms with E-state index in [4.69, 9.17) is 4.74 Å². The molecule has 6 heteroatoms. The van der Waals surface area contributed by atoms with Gasteiger partial charge in [-0.3, -0.25) is 4.79 Å². The van der Waals surface area contributed by atoms with Gasteiger partial charge in [-0.05, 0) is 50.3 Å². The lowest BCUT2D eigenvalue weighted by Gasteiger charge is -2.10. The summed E-state index contributed by atoms with van der Waals surface area (Å²) in [5.74, 6) is 0.364. The molecule has 0 saturated heterocycles. The number of aromatic hydroxyl groups is 1. The Balaban J connectivity index is 1.57. The van der Waals surface area contributed by atoms with E-state index in [2.05, 4.69) is 14.9 Å². The smallest absolute Gasteiger partial charge is 0.280 e. The van der Waals surface area contributed by atoms with Crippen molar-refractivity contribution < 1.29 is 14.6 Å². The number of amides is 1. The van der Waals surface area contributed by atoms with Crippen LogP contribution in [0.25, 0.3) is 11.3 Å². The lowest BCUT2D eigenvalue weighted by molar-refractivity contribution is 0.101. The van der Waals surface area contributed by atoms with Gasteiger partial charge >= 0.3 is 0 Å². The SMILES string of the molecule is CN(C)CCCOc1ccc(C2=NC(=O)c3c(-c4ccccc4)[nH]c(O)c32)cc1. The van der Waals surface area contributed by atoms with E-state index in [-0.39, 0.29) is 11.8 Å². The van der Waals surface area contributed by atoms with Crippen LogP contribution in [0, 0.1) is 0 Å². The molecule has 1 aliphatic heterocycles. The number of benzene rings is 2. The summed E-state index contributed by atoms with van der Waals surface area (Å²) >= 11 is 0. The number of carbonyl (C=O) groups excluding carboxylic acids is 1. The van der Waals surface area contributed by atoms with E-state index in [0.717, 1.165) is 29.8 Å². The van der Waals surface area contributed by atoms with E-state index in [0.29, 0.717) is 29.1 Å². The Morgan fingerprint density at radius 1 is 1.00 bits per heavy atom. The maximum atomic E-state index is 12.6. The van der Waals surface area contributed by atoms with Crippen molar-refractivity contribution in [2.75, 3.05) is 27.2 Å². The van der Waals surface area contributed by atoms with E-state index in [1.165, 1.54) is 0 Å². The zero-order valence-corrected chi connectivity index (χ0v) is 16.5. The van der Waals surface area contributed by atoms with Gasteiger partial charge in [-0.15, -0.1) is 0 Å². The molecular formula is C23H23N3O3. The number of carbonyl (C=O) groups is 1. The van der Waals surface area contributed by atoms with Gasteiger partial charge in [0.25, 0.3) is 5.91 Å². The summed E-state index contributed by atoms with van der Waals surface area (Å²) in [4.78, 5) is 21.9. The number of aliphatic imine (C=N–C) groups is 1. The molecule has 1 amide bonds. The van der Waals surface area contributed by atoms with Crippen molar-refractivity contribution in [1.82, 2.24) is 9.88 Å². The first kappa shape index (κ1) is 19.0. The van der Waals surface area contributed by atoms with Crippen LogP contribution in [0.2, 0.25) is 0 Å². The standard InChI is InChI=1S/C23H23N3O3/c1-26(2)13-6-14-29-17-11-9-16(10-12-17)21-19-18(22(27)25-21)20(24-23(19)28)15-7-4-3-5-8-15/h3-5,7-12,24,28H,6,13-14H2,1-2H3. The Morgan fingerprint density at radius 3 is 2.41 bits per heavy atom. The predicted molar refractivity (Wildman–Crippen MR) is 113 cm³/mol. The number of aromatic amines is 1. The van der Waals surface area contributed by atoms with Gasteiger partial charge in [0.05, 0.1) is 29.1 Å². The number of fused-ring (bicyclic) bond motifs is 1. The fraction of sp³-hybridized carbons (Fsp3) is 0.217. The van der Waals surface area contributed by atoms with Crippen LogP contribution in [0.15, 0.2) is 59.6 Å². The molecule has 0 saturated carbocycles. The highest BCUT2D eigenvalue weighted by atomic mass is 16.5. The third kappa shape index (κ3) is 3.79. The van der Waals surface area contributed by atoms with Crippen LogP contribution in [0.1, 0.15) is 27.9 Å². The van der Waals surface area contributed by atoms with Gasteiger partial charge in [-0.2, -0.15) is 0 Å². The van der Waals surface area contributed by atoms with Gasteiger partial charge in [0, 0.05) is 12.1 Å². The van der Waals surface area contributed by atoms with Gasteiger partial charge in [-0.25, -0.2) is 4.99 Å². The summed E-state index contributed by atoms with van der Waals surface area (Å²) < 4.78 is 5.76. The summed E-state index contributed by atoms with van der Waals surface area (Å²) in [7, 11) is 4.07. The summed E-state index contributed by atoms with van der Waals surface area (Å²) in [6.07, 6.45) is 0.943. The Labute approximate surface area is 169 Å². The number of hydrogen-bond acceptors (Lipinski definition) is 4. The summed E-state index contributed by atoms with van der Waals surface area (Å²) in [5.41, 5.74) is 3.51. The van der Waals surface area contributed by atoms with Gasteiger partial charge in [0.15, 0.2) is 5.88 Å². The molecule has 6 nitrogen and oxygen atoms in total. The molecule has 3 aromatic rings. The van der Waals surface area contributed by atoms with Crippen LogP contribution in [0.3, 0.4) is 0 Å². The zero-order chi connectivity index (χ0) is 20.4. The van der Waals surface area contributed by atoms with Crippen molar-refractivity contribution in [3.8, 4) is 22.9 Å². The highest BCUT2D eigenvalue weighted by Gasteiger charge is 2.33. The molecule has 2 N–H and O–H groups in total. The molecule has 0 aliphatic carbocycles. The number of rotatable bonds is 7. The molecule has 0 unspecified atom stereocenters. The second kappa shape index (κ2) is 7.93. The average molecular weight is 389 g/mol. The molecular weight excluding hydrogens is 366 g/mol. The number of ether oxygens (including phenoxy) is 1. The van der Waals surface area contributed by atoms with E-state index >= 15 is 0 Å². The lowest BCUT2D eigenvalue weighted by atomic mass is 10.0. The van der Waals surface area contributed by atoms with Gasteiger partial charge in [0.1, 0.15) is 5.75 Å². The molecule has 2 aromatic carbocycles. The zero-order valence-electron chi connectivity index (χ0n) is 16.5. The minimum Gasteiger partial charge on any atom is -0.494 e. The number of H-pyrrole nitrogens is 1. The van der Waals surface area contributed by atoms with Crippen molar-refractivity contribution in [2.45, 2.75) is 6.42 Å². The van der Waals surface area contributed by atoms with Gasteiger partial charge in [-0.1, -0.05) is 30.3 Å². The van der Waals surface area contributed by atoms with Crippen LogP contribution in [0.4, 0.5) is 0 Å². The Kier molecular flexibility index (Phi) is 5.18. The molecule has 1 aliphatic rings. The van der Waals surface area contributed by atoms with Crippen LogP contribution < -0.4 is 4.74 Å². The molecule has 29 heavy (non-hydrogen) atoms. The van der Waals surface area contributed by atoms with E-state index in [1.807, 2.05) is 68.7 Å². The third-order valence-electron chi connectivity index (χ3n) is 4.85. The fourth-order valence-corrected chi connectivity index (χ4v) is 3.45. The molecule has 0 spiro atoms. The second-order valence-corrected chi connectivity index (χ2v) is 7.26. The van der Waals surface area contributed by atoms with Crippen molar-refractivity contribution in [3.05, 3.63) is 71.3 Å². The Morgan fingerprint density at radius 2 is 1.72 bits per heavy atom. The second-order valence-electron chi connectivity index (χ2n) is 7.26. The quantitative estimate of drug-likeness (QED) is 0.604. The van der Waals surface area contributed by atoms with Gasteiger partial charge in [0.2, 0.25) is 0 Å². The molecule has 0 fully saturated rings. The van der Waals surface area contributed by atoms with E-state index < -0.39 is 0 Å². The normalized spacial score (nSPS) is 12.9. The average Bonchev–Trinajstić information content (AvgIpc) is 3.25. The molecule has 148 valence electrons. The minimum absolute atomic E-state index is 0.0486. The van der Waals surface area contributed by atoms with Crippen molar-refractivity contribution in [3.63, 3.8) is 0 Å². The lowest BCUT2D eigenvalue weighted by Crippen LogP contribution is -2.15. The maximum Gasteiger partial charge on any atom is 0.280 e. The summed E-state index contributed by atoms with van der Waals surface area (Å²) in [6, 6.07) is 16.9. The largest absolute Gasteiger partial charge is 0.494 e. The van der Waals surface area contributed by atoms with Crippen molar-refractivity contribution in [2.24, 2.45) is 4.99 Å². The monoisotopic (exact) mass is 389 g/mol. The third-order valence-corrected chi connectivity index (χ3v) is 4.85. The molecule has 1 aromatic heterocycles. The minimum atomic E-state index is -0.352. The predicted octanol–water partition coefficient (Wildman–Crippen LogP) is 3.71. The number of nitrogens with zero attached hydrogens (tertiary/aromatic N) is 2. The highest BCUT2D eigenvalue weighted by molar-refractivity contribution is 6.30. The Hall–Kier alpha value is -3.38. The number of nitrogens with one attached hydrogen (secondary N) is 1. The van der Waals surface area contributed by atoms with Crippen LogP contribution >= 0.6 is 0 Å². The van der Waals surface area contributed by atoms with Gasteiger partial charge < -0.3 is 19.7 Å². The maximum absolute atomic E-state index is 12.6. The van der Waals surface area contributed by atoms with E-state index in [1.54, 1.807) is 0 Å². The number of hydrogen-bond donors (Lipinski definition) is 2.